The lowest BCUT2D eigenvalue weighted by Crippen LogP contribution is -2.47. The van der Waals surface area contributed by atoms with E-state index >= 15 is 0 Å². The van der Waals surface area contributed by atoms with Crippen molar-refractivity contribution in [3.8, 4) is 0 Å². The van der Waals surface area contributed by atoms with Crippen LogP contribution >= 0.6 is 0 Å². The van der Waals surface area contributed by atoms with E-state index in [1.807, 2.05) is 22.6 Å². The number of aromatic nitrogens is 3. The second kappa shape index (κ2) is 6.94. The fraction of sp³-hybridized carbons (Fsp3) is 0.600. The molecule has 27 heavy (non-hydrogen) atoms. The molecule has 1 aliphatic carbocycles. The highest BCUT2D eigenvalue weighted by atomic mass is 16.2. The van der Waals surface area contributed by atoms with E-state index < -0.39 is 0 Å². The summed E-state index contributed by atoms with van der Waals surface area (Å²) in [4.78, 5) is 31.6. The van der Waals surface area contributed by atoms with Crippen LogP contribution in [0, 0.1) is 12.8 Å². The number of carbonyl (C=O) groups is 2. The lowest BCUT2D eigenvalue weighted by molar-refractivity contribution is -0.123. The van der Waals surface area contributed by atoms with Gasteiger partial charge in [-0.1, -0.05) is 0 Å². The van der Waals surface area contributed by atoms with Crippen molar-refractivity contribution >= 4 is 22.8 Å². The maximum absolute atomic E-state index is 13.2. The van der Waals surface area contributed by atoms with Gasteiger partial charge in [0.05, 0.1) is 17.1 Å². The molecule has 0 unspecified atom stereocenters. The Morgan fingerprint density at radius 1 is 1.19 bits per heavy atom. The number of amides is 2. The molecule has 7 heteroatoms. The number of fused-ring (bicyclic) bond motifs is 1. The van der Waals surface area contributed by atoms with E-state index in [9.17, 15) is 9.59 Å². The molecule has 1 N–H and O–H groups in total. The predicted molar refractivity (Wildman–Crippen MR) is 102 cm³/mol. The Kier molecular flexibility index (Phi) is 4.61. The van der Waals surface area contributed by atoms with E-state index in [1.54, 1.807) is 6.20 Å². The molecule has 0 radical (unpaired) electrons. The Balaban J connectivity index is 1.49. The molecule has 0 aromatic carbocycles. The molecule has 2 amide bonds. The second-order valence-electron chi connectivity index (χ2n) is 8.08. The quantitative estimate of drug-likeness (QED) is 0.898. The van der Waals surface area contributed by atoms with Gasteiger partial charge >= 0.3 is 0 Å². The summed E-state index contributed by atoms with van der Waals surface area (Å²) in [5.74, 6) is 0.448. The average Bonchev–Trinajstić information content (AvgIpc) is 3.41. The van der Waals surface area contributed by atoms with Crippen LogP contribution in [0.2, 0.25) is 0 Å². The molecule has 2 aromatic rings. The predicted octanol–water partition coefficient (Wildman–Crippen LogP) is 2.45. The smallest absolute Gasteiger partial charge is 0.254 e. The molecule has 2 aliphatic rings. The van der Waals surface area contributed by atoms with Crippen molar-refractivity contribution in [3.05, 3.63) is 23.5 Å². The van der Waals surface area contributed by atoms with Crippen molar-refractivity contribution in [2.45, 2.75) is 58.5 Å². The molecular formula is C20H27N5O2. The standard InChI is InChI=1S/C20H27N5O2/c1-12(2)25-18-17(11-21-25)16(10-13(3)22-18)20(27)24-8-6-15(7-9-24)23-19(26)14-4-5-14/h10-12,14-15H,4-9H2,1-3H3,(H,23,26). The summed E-state index contributed by atoms with van der Waals surface area (Å²) in [6.45, 7) is 7.34. The molecule has 0 spiro atoms. The van der Waals surface area contributed by atoms with E-state index in [1.165, 1.54) is 0 Å². The molecule has 0 atom stereocenters. The summed E-state index contributed by atoms with van der Waals surface area (Å²) < 4.78 is 1.86. The topological polar surface area (TPSA) is 80.1 Å². The van der Waals surface area contributed by atoms with E-state index in [4.69, 9.17) is 0 Å². The monoisotopic (exact) mass is 369 g/mol. The first-order valence-corrected chi connectivity index (χ1v) is 9.88. The van der Waals surface area contributed by atoms with Crippen LogP contribution in [0.5, 0.6) is 0 Å². The number of rotatable bonds is 4. The minimum atomic E-state index is 0.0285. The number of likely N-dealkylation sites (tertiary alicyclic amines) is 1. The highest BCUT2D eigenvalue weighted by Gasteiger charge is 2.32. The van der Waals surface area contributed by atoms with Gasteiger partial charge in [0.25, 0.3) is 5.91 Å². The van der Waals surface area contributed by atoms with Crippen LogP contribution in [-0.4, -0.2) is 50.6 Å². The van der Waals surface area contributed by atoms with Gasteiger partial charge < -0.3 is 10.2 Å². The van der Waals surface area contributed by atoms with Crippen LogP contribution in [0.15, 0.2) is 12.3 Å². The number of pyridine rings is 1. The van der Waals surface area contributed by atoms with Gasteiger partial charge in [-0.05, 0) is 52.5 Å². The zero-order valence-electron chi connectivity index (χ0n) is 16.2. The first-order chi connectivity index (χ1) is 12.9. The molecule has 0 bridgehead atoms. The normalized spacial score (nSPS) is 18.3. The number of hydrogen-bond acceptors (Lipinski definition) is 4. The molecular weight excluding hydrogens is 342 g/mol. The van der Waals surface area contributed by atoms with E-state index in [0.29, 0.717) is 18.7 Å². The van der Waals surface area contributed by atoms with Gasteiger partial charge in [-0.3, -0.25) is 9.59 Å². The summed E-state index contributed by atoms with van der Waals surface area (Å²) in [6, 6.07) is 2.23. The van der Waals surface area contributed by atoms with Gasteiger partial charge in [-0.2, -0.15) is 5.10 Å². The van der Waals surface area contributed by atoms with Gasteiger partial charge in [0.2, 0.25) is 5.91 Å². The number of aryl methyl sites for hydroxylation is 1. The summed E-state index contributed by atoms with van der Waals surface area (Å²) in [7, 11) is 0. The Labute approximate surface area is 159 Å². The highest BCUT2D eigenvalue weighted by molar-refractivity contribution is 6.05. The zero-order valence-corrected chi connectivity index (χ0v) is 16.2. The molecule has 1 saturated heterocycles. The van der Waals surface area contributed by atoms with Crippen LogP contribution < -0.4 is 5.32 Å². The zero-order chi connectivity index (χ0) is 19.1. The van der Waals surface area contributed by atoms with Crippen LogP contribution in [0.4, 0.5) is 0 Å². The Morgan fingerprint density at radius 3 is 2.52 bits per heavy atom. The summed E-state index contributed by atoms with van der Waals surface area (Å²) in [6.07, 6.45) is 5.40. The molecule has 1 saturated carbocycles. The fourth-order valence-corrected chi connectivity index (χ4v) is 3.76. The van der Waals surface area contributed by atoms with Crippen LogP contribution in [0.25, 0.3) is 11.0 Å². The number of hydrogen-bond donors (Lipinski definition) is 1. The summed E-state index contributed by atoms with van der Waals surface area (Å²) >= 11 is 0. The van der Waals surface area contributed by atoms with Crippen LogP contribution in [-0.2, 0) is 4.79 Å². The number of nitrogens with zero attached hydrogens (tertiary/aromatic N) is 4. The van der Waals surface area contributed by atoms with Gasteiger partial charge in [0.15, 0.2) is 5.65 Å². The Hall–Kier alpha value is -2.44. The number of carbonyl (C=O) groups excluding carboxylic acids is 2. The van der Waals surface area contributed by atoms with E-state index in [2.05, 4.69) is 29.2 Å². The average molecular weight is 369 g/mol. The third kappa shape index (κ3) is 3.55. The first-order valence-electron chi connectivity index (χ1n) is 9.88. The minimum Gasteiger partial charge on any atom is -0.353 e. The third-order valence-corrected chi connectivity index (χ3v) is 5.49. The van der Waals surface area contributed by atoms with Crippen molar-refractivity contribution in [1.82, 2.24) is 25.0 Å². The third-order valence-electron chi connectivity index (χ3n) is 5.49. The van der Waals surface area contributed by atoms with Gasteiger partial charge in [0.1, 0.15) is 0 Å². The molecule has 1 aliphatic heterocycles. The van der Waals surface area contributed by atoms with Crippen LogP contribution in [0.3, 0.4) is 0 Å². The van der Waals surface area contributed by atoms with Gasteiger partial charge in [-0.15, -0.1) is 0 Å². The van der Waals surface area contributed by atoms with Crippen molar-refractivity contribution in [3.63, 3.8) is 0 Å². The molecule has 7 nitrogen and oxygen atoms in total. The van der Waals surface area contributed by atoms with Crippen molar-refractivity contribution in [2.24, 2.45) is 5.92 Å². The molecule has 2 aromatic heterocycles. The molecule has 3 heterocycles. The lowest BCUT2D eigenvalue weighted by Gasteiger charge is -2.32. The van der Waals surface area contributed by atoms with Gasteiger partial charge in [0, 0.05) is 36.8 Å². The summed E-state index contributed by atoms with van der Waals surface area (Å²) in [5.41, 5.74) is 2.25. The molecule has 4 rings (SSSR count). The number of piperidine rings is 1. The SMILES string of the molecule is Cc1cc(C(=O)N2CCC(NC(=O)C3CC3)CC2)c2cnn(C(C)C)c2n1. The highest BCUT2D eigenvalue weighted by Crippen LogP contribution is 2.29. The Morgan fingerprint density at radius 2 is 1.89 bits per heavy atom. The molecule has 2 fully saturated rings. The Bertz CT molecular complexity index is 876. The van der Waals surface area contributed by atoms with Gasteiger partial charge in [-0.25, -0.2) is 9.67 Å². The lowest BCUT2D eigenvalue weighted by atomic mass is 10.0. The van der Waals surface area contributed by atoms with Crippen molar-refractivity contribution < 1.29 is 9.59 Å². The molecule has 144 valence electrons. The second-order valence-corrected chi connectivity index (χ2v) is 8.08. The summed E-state index contributed by atoms with van der Waals surface area (Å²) in [5, 5.41) is 8.37. The van der Waals surface area contributed by atoms with Crippen molar-refractivity contribution in [2.75, 3.05) is 13.1 Å². The fourth-order valence-electron chi connectivity index (χ4n) is 3.76. The van der Waals surface area contributed by atoms with Crippen LogP contribution in [0.1, 0.15) is 61.6 Å². The first kappa shape index (κ1) is 17.9. The maximum Gasteiger partial charge on any atom is 0.254 e. The minimum absolute atomic E-state index is 0.0285. The largest absolute Gasteiger partial charge is 0.353 e. The number of nitrogens with one attached hydrogen (secondary N) is 1. The van der Waals surface area contributed by atoms with Crippen molar-refractivity contribution in [1.29, 1.82) is 0 Å². The maximum atomic E-state index is 13.2. The van der Waals surface area contributed by atoms with E-state index in [0.717, 1.165) is 42.4 Å². The van der Waals surface area contributed by atoms with E-state index in [-0.39, 0.29) is 29.8 Å².